The standard InChI is InChI=1S/C24H24ClN3O3/c1-16-8-9-19(25)13-20(16)27-24(30)23(29)26-14-21(22-7-4-12-31-22)28-11-10-17-5-2-3-6-18(17)15-28/h2-9,12-13,21H,10-11,14-15H2,1H3,(H,26,29)(H,27,30)/t21-/m0/s1. The van der Waals surface area contributed by atoms with Crippen molar-refractivity contribution in [2.75, 3.05) is 18.4 Å². The van der Waals surface area contributed by atoms with Gasteiger partial charge >= 0.3 is 11.8 Å². The van der Waals surface area contributed by atoms with Crippen LogP contribution in [0, 0.1) is 6.92 Å². The van der Waals surface area contributed by atoms with E-state index in [4.69, 9.17) is 16.0 Å². The number of anilines is 1. The lowest BCUT2D eigenvalue weighted by Crippen LogP contribution is -2.43. The Morgan fingerprint density at radius 2 is 1.90 bits per heavy atom. The van der Waals surface area contributed by atoms with Crippen LogP contribution in [0.25, 0.3) is 0 Å². The van der Waals surface area contributed by atoms with Gasteiger partial charge in [-0.3, -0.25) is 14.5 Å². The Morgan fingerprint density at radius 3 is 2.68 bits per heavy atom. The molecule has 0 fully saturated rings. The van der Waals surface area contributed by atoms with Crippen LogP contribution in [0.4, 0.5) is 5.69 Å². The molecule has 4 rings (SSSR count). The number of nitrogens with one attached hydrogen (secondary N) is 2. The third-order valence-electron chi connectivity index (χ3n) is 5.58. The first-order valence-electron chi connectivity index (χ1n) is 10.2. The number of aryl methyl sites for hydroxylation is 1. The predicted molar refractivity (Wildman–Crippen MR) is 120 cm³/mol. The van der Waals surface area contributed by atoms with Crippen molar-refractivity contribution < 1.29 is 14.0 Å². The Hall–Kier alpha value is -3.09. The largest absolute Gasteiger partial charge is 0.468 e. The minimum Gasteiger partial charge on any atom is -0.468 e. The molecular weight excluding hydrogens is 414 g/mol. The van der Waals surface area contributed by atoms with E-state index in [1.165, 1.54) is 11.1 Å². The Labute approximate surface area is 186 Å². The van der Waals surface area contributed by atoms with Gasteiger partial charge in [-0.1, -0.05) is 41.9 Å². The van der Waals surface area contributed by atoms with E-state index in [0.29, 0.717) is 10.7 Å². The summed E-state index contributed by atoms with van der Waals surface area (Å²) in [7, 11) is 0. The average molecular weight is 438 g/mol. The molecule has 6 nitrogen and oxygen atoms in total. The van der Waals surface area contributed by atoms with E-state index in [1.54, 1.807) is 24.5 Å². The Bertz CT molecular complexity index is 1080. The molecule has 3 aromatic rings. The monoisotopic (exact) mass is 437 g/mol. The molecule has 2 heterocycles. The van der Waals surface area contributed by atoms with Crippen LogP contribution in [0.3, 0.4) is 0 Å². The minimum atomic E-state index is -0.729. The smallest absolute Gasteiger partial charge is 0.313 e. The quantitative estimate of drug-likeness (QED) is 0.589. The molecule has 2 amide bonds. The summed E-state index contributed by atoms with van der Waals surface area (Å²) in [6, 6.07) is 17.1. The van der Waals surface area contributed by atoms with Gasteiger partial charge in [0.2, 0.25) is 0 Å². The van der Waals surface area contributed by atoms with Gasteiger partial charge in [-0.25, -0.2) is 0 Å². The van der Waals surface area contributed by atoms with Crippen LogP contribution in [0.1, 0.15) is 28.5 Å². The normalized spacial score (nSPS) is 14.5. The molecule has 0 saturated heterocycles. The first-order valence-corrected chi connectivity index (χ1v) is 10.6. The number of furan rings is 1. The number of amides is 2. The van der Waals surface area contributed by atoms with Crippen molar-refractivity contribution in [2.45, 2.75) is 25.9 Å². The Balaban J connectivity index is 1.43. The second-order valence-corrected chi connectivity index (χ2v) is 8.08. The van der Waals surface area contributed by atoms with Crippen LogP contribution in [0.2, 0.25) is 5.02 Å². The number of nitrogens with zero attached hydrogens (tertiary/aromatic N) is 1. The molecule has 0 spiro atoms. The highest BCUT2D eigenvalue weighted by Crippen LogP contribution is 2.28. The summed E-state index contributed by atoms with van der Waals surface area (Å²) < 4.78 is 5.65. The van der Waals surface area contributed by atoms with Gasteiger partial charge in [0.25, 0.3) is 0 Å². The van der Waals surface area contributed by atoms with Gasteiger partial charge in [-0.05, 0) is 54.3 Å². The summed E-state index contributed by atoms with van der Waals surface area (Å²) in [6.07, 6.45) is 2.55. The van der Waals surface area contributed by atoms with Crippen molar-refractivity contribution in [3.63, 3.8) is 0 Å². The fourth-order valence-corrected chi connectivity index (χ4v) is 4.02. The fraction of sp³-hybridized carbons (Fsp3) is 0.250. The van der Waals surface area contributed by atoms with Gasteiger partial charge in [-0.15, -0.1) is 0 Å². The first kappa shape index (κ1) is 21.2. The highest BCUT2D eigenvalue weighted by Gasteiger charge is 2.28. The van der Waals surface area contributed by atoms with Gasteiger partial charge in [-0.2, -0.15) is 0 Å². The summed E-state index contributed by atoms with van der Waals surface area (Å²) in [5.41, 5.74) is 3.96. The second-order valence-electron chi connectivity index (χ2n) is 7.64. The molecular formula is C24H24ClN3O3. The molecule has 31 heavy (non-hydrogen) atoms. The summed E-state index contributed by atoms with van der Waals surface area (Å²) in [6.45, 7) is 3.69. The maximum absolute atomic E-state index is 12.5. The Morgan fingerprint density at radius 1 is 1.10 bits per heavy atom. The zero-order chi connectivity index (χ0) is 21.8. The SMILES string of the molecule is Cc1ccc(Cl)cc1NC(=O)C(=O)NC[C@@H](c1ccco1)N1CCc2ccccc2C1. The van der Waals surface area contributed by atoms with E-state index in [1.807, 2.05) is 25.1 Å². The average Bonchev–Trinajstić information content (AvgIpc) is 3.30. The summed E-state index contributed by atoms with van der Waals surface area (Å²) in [4.78, 5) is 27.2. The van der Waals surface area contributed by atoms with E-state index in [-0.39, 0.29) is 12.6 Å². The van der Waals surface area contributed by atoms with Gasteiger partial charge < -0.3 is 15.1 Å². The van der Waals surface area contributed by atoms with E-state index in [9.17, 15) is 9.59 Å². The van der Waals surface area contributed by atoms with Crippen LogP contribution in [-0.2, 0) is 22.6 Å². The number of hydrogen-bond acceptors (Lipinski definition) is 4. The number of carbonyl (C=O) groups excluding carboxylic acids is 2. The van der Waals surface area contributed by atoms with Crippen molar-refractivity contribution in [1.82, 2.24) is 10.2 Å². The van der Waals surface area contributed by atoms with Gasteiger partial charge in [0.05, 0.1) is 12.3 Å². The lowest BCUT2D eigenvalue weighted by Gasteiger charge is -2.34. The molecule has 1 aliphatic heterocycles. The van der Waals surface area contributed by atoms with Gasteiger partial charge in [0, 0.05) is 30.3 Å². The van der Waals surface area contributed by atoms with Crippen molar-refractivity contribution in [3.05, 3.63) is 88.3 Å². The van der Waals surface area contributed by atoms with E-state index < -0.39 is 11.8 Å². The summed E-state index contributed by atoms with van der Waals surface area (Å²) in [5, 5.41) is 5.88. The molecule has 0 radical (unpaired) electrons. The third kappa shape index (κ3) is 4.98. The molecule has 1 aromatic heterocycles. The molecule has 0 saturated carbocycles. The number of fused-ring (bicyclic) bond motifs is 1. The second kappa shape index (κ2) is 9.37. The minimum absolute atomic E-state index is 0.173. The lowest BCUT2D eigenvalue weighted by atomic mass is 9.98. The highest BCUT2D eigenvalue weighted by atomic mass is 35.5. The van der Waals surface area contributed by atoms with Crippen LogP contribution in [0.5, 0.6) is 0 Å². The number of carbonyl (C=O) groups is 2. The number of halogens is 1. The van der Waals surface area contributed by atoms with Crippen LogP contribution in [0.15, 0.2) is 65.3 Å². The molecule has 160 valence electrons. The van der Waals surface area contributed by atoms with Crippen molar-refractivity contribution in [3.8, 4) is 0 Å². The van der Waals surface area contributed by atoms with Gasteiger partial charge in [0.15, 0.2) is 0 Å². The maximum Gasteiger partial charge on any atom is 0.313 e. The maximum atomic E-state index is 12.5. The van der Waals surface area contributed by atoms with Crippen LogP contribution < -0.4 is 10.6 Å². The van der Waals surface area contributed by atoms with E-state index in [0.717, 1.165) is 30.8 Å². The van der Waals surface area contributed by atoms with Crippen molar-refractivity contribution in [1.29, 1.82) is 0 Å². The van der Waals surface area contributed by atoms with E-state index in [2.05, 4.69) is 33.7 Å². The van der Waals surface area contributed by atoms with Crippen molar-refractivity contribution in [2.24, 2.45) is 0 Å². The molecule has 0 bridgehead atoms. The molecule has 7 heteroatoms. The van der Waals surface area contributed by atoms with Crippen LogP contribution >= 0.6 is 11.6 Å². The fourth-order valence-electron chi connectivity index (χ4n) is 3.85. The number of hydrogen-bond donors (Lipinski definition) is 2. The van der Waals surface area contributed by atoms with Gasteiger partial charge in [0.1, 0.15) is 5.76 Å². The van der Waals surface area contributed by atoms with E-state index >= 15 is 0 Å². The third-order valence-corrected chi connectivity index (χ3v) is 5.82. The van der Waals surface area contributed by atoms with Crippen molar-refractivity contribution >= 4 is 29.1 Å². The first-order chi connectivity index (χ1) is 15.0. The topological polar surface area (TPSA) is 74.6 Å². The molecule has 2 N–H and O–H groups in total. The molecule has 2 aromatic carbocycles. The zero-order valence-corrected chi connectivity index (χ0v) is 18.0. The highest BCUT2D eigenvalue weighted by molar-refractivity contribution is 6.40. The lowest BCUT2D eigenvalue weighted by molar-refractivity contribution is -0.136. The molecule has 1 atom stereocenters. The van der Waals surface area contributed by atoms with Crippen LogP contribution in [-0.4, -0.2) is 29.8 Å². The number of benzene rings is 2. The number of rotatable bonds is 5. The molecule has 0 aliphatic carbocycles. The summed E-state index contributed by atoms with van der Waals surface area (Å²) >= 11 is 5.99. The Kier molecular flexibility index (Phi) is 6.39. The predicted octanol–water partition coefficient (Wildman–Crippen LogP) is 4.10. The summed E-state index contributed by atoms with van der Waals surface area (Å²) in [5.74, 6) is -0.674. The molecule has 0 unspecified atom stereocenters. The molecule has 1 aliphatic rings. The zero-order valence-electron chi connectivity index (χ0n) is 17.2.